The molecule has 8 heteroatoms. The van der Waals surface area contributed by atoms with Crippen LogP contribution >= 0.6 is 0 Å². The number of amides is 2. The van der Waals surface area contributed by atoms with E-state index in [1.165, 1.54) is 12.1 Å². The number of nitriles is 1. The molecule has 2 atom stereocenters. The van der Waals surface area contributed by atoms with Gasteiger partial charge >= 0.3 is 0 Å². The molecule has 2 aromatic rings. The van der Waals surface area contributed by atoms with Crippen LogP contribution in [0.2, 0.25) is 0 Å². The maximum Gasteiger partial charge on any atom is 0.251 e. The minimum Gasteiger partial charge on any atom is -0.393 e. The van der Waals surface area contributed by atoms with Crippen LogP contribution in [0.5, 0.6) is 0 Å². The van der Waals surface area contributed by atoms with Crippen LogP contribution in [0, 0.1) is 17.1 Å². The number of aliphatic hydroxyl groups excluding tert-OH is 1. The summed E-state index contributed by atoms with van der Waals surface area (Å²) in [5, 5.41) is 25.0. The molecule has 0 unspecified atom stereocenters. The fraction of sp³-hybridized carbons (Fsp3) is 0.370. The van der Waals surface area contributed by atoms with Gasteiger partial charge in [0.05, 0.1) is 23.8 Å². The Bertz CT molecular complexity index is 1120. The van der Waals surface area contributed by atoms with Gasteiger partial charge in [-0.2, -0.15) is 5.26 Å². The molecule has 0 bridgehead atoms. The number of rotatable bonds is 9. The zero-order valence-corrected chi connectivity index (χ0v) is 19.4. The SMILES string of the molecule is N#Cc1ccc(C(=O)N[C@@H](CCCN[C@@H]2C=C2c2ccc(F)cc2)C(=O)N2CCC(O)CC2)cc1. The van der Waals surface area contributed by atoms with Gasteiger partial charge in [-0.3, -0.25) is 9.59 Å². The molecule has 2 aromatic carbocycles. The molecule has 3 N–H and O–H groups in total. The Kier molecular flexibility index (Phi) is 7.91. The first-order valence-corrected chi connectivity index (χ1v) is 11.9. The lowest BCUT2D eigenvalue weighted by Crippen LogP contribution is -2.51. The van der Waals surface area contributed by atoms with Crippen LogP contribution in [0.4, 0.5) is 4.39 Å². The Balaban J connectivity index is 1.31. The van der Waals surface area contributed by atoms with Gasteiger partial charge < -0.3 is 20.6 Å². The second-order valence-electron chi connectivity index (χ2n) is 8.97. The Morgan fingerprint density at radius 1 is 1.11 bits per heavy atom. The topological polar surface area (TPSA) is 105 Å². The van der Waals surface area contributed by atoms with Crippen molar-refractivity contribution in [1.29, 1.82) is 5.26 Å². The molecular formula is C27H29FN4O3. The number of nitrogens with one attached hydrogen (secondary N) is 2. The van der Waals surface area contributed by atoms with Crippen LogP contribution in [0.25, 0.3) is 5.57 Å². The van der Waals surface area contributed by atoms with E-state index in [1.54, 1.807) is 41.3 Å². The van der Waals surface area contributed by atoms with Crippen LogP contribution < -0.4 is 10.6 Å². The number of carbonyl (C=O) groups is 2. The molecule has 1 aliphatic heterocycles. The maximum atomic E-state index is 13.2. The number of halogens is 1. The summed E-state index contributed by atoms with van der Waals surface area (Å²) in [6.07, 6.45) is 3.87. The van der Waals surface area contributed by atoms with Crippen LogP contribution in [-0.2, 0) is 4.79 Å². The van der Waals surface area contributed by atoms with E-state index < -0.39 is 12.1 Å². The van der Waals surface area contributed by atoms with Crippen molar-refractivity contribution in [2.45, 2.75) is 43.9 Å². The van der Waals surface area contributed by atoms with Crippen molar-refractivity contribution in [3.05, 3.63) is 77.1 Å². The Morgan fingerprint density at radius 2 is 1.80 bits per heavy atom. The van der Waals surface area contributed by atoms with Crippen molar-refractivity contribution in [3.63, 3.8) is 0 Å². The van der Waals surface area contributed by atoms with Gasteiger partial charge in [0, 0.05) is 18.7 Å². The van der Waals surface area contributed by atoms with E-state index in [2.05, 4.69) is 16.7 Å². The fourth-order valence-corrected chi connectivity index (χ4v) is 4.28. The molecule has 7 nitrogen and oxygen atoms in total. The summed E-state index contributed by atoms with van der Waals surface area (Å²) in [6, 6.07) is 14.2. The van der Waals surface area contributed by atoms with Gasteiger partial charge in [0.1, 0.15) is 11.9 Å². The summed E-state index contributed by atoms with van der Waals surface area (Å²) in [5.41, 5.74) is 2.96. The van der Waals surface area contributed by atoms with Gasteiger partial charge in [-0.15, -0.1) is 0 Å². The smallest absolute Gasteiger partial charge is 0.251 e. The molecule has 2 aliphatic rings. The molecule has 35 heavy (non-hydrogen) atoms. The highest BCUT2D eigenvalue weighted by Crippen LogP contribution is 2.31. The zero-order valence-electron chi connectivity index (χ0n) is 19.4. The lowest BCUT2D eigenvalue weighted by molar-refractivity contribution is -0.135. The van der Waals surface area contributed by atoms with Crippen molar-refractivity contribution in [3.8, 4) is 6.07 Å². The monoisotopic (exact) mass is 476 g/mol. The van der Waals surface area contributed by atoms with Crippen LogP contribution in [-0.4, -0.2) is 59.6 Å². The van der Waals surface area contributed by atoms with Gasteiger partial charge in [0.2, 0.25) is 5.91 Å². The fourth-order valence-electron chi connectivity index (χ4n) is 4.28. The molecule has 0 aromatic heterocycles. The predicted octanol–water partition coefficient (Wildman–Crippen LogP) is 2.61. The van der Waals surface area contributed by atoms with Gasteiger partial charge in [0.25, 0.3) is 5.91 Å². The first-order valence-electron chi connectivity index (χ1n) is 11.9. The van der Waals surface area contributed by atoms with Gasteiger partial charge in [-0.25, -0.2) is 4.39 Å². The Morgan fingerprint density at radius 3 is 2.46 bits per heavy atom. The highest BCUT2D eigenvalue weighted by Gasteiger charge is 2.29. The number of piperidine rings is 1. The number of likely N-dealkylation sites (tertiary alicyclic amines) is 1. The van der Waals surface area contributed by atoms with Crippen molar-refractivity contribution < 1.29 is 19.1 Å². The molecule has 1 fully saturated rings. The van der Waals surface area contributed by atoms with Crippen LogP contribution in [0.15, 0.2) is 54.6 Å². The first kappa shape index (κ1) is 24.6. The normalized spacial score (nSPS) is 18.4. The van der Waals surface area contributed by atoms with Gasteiger partial charge in [-0.1, -0.05) is 18.2 Å². The lowest BCUT2D eigenvalue weighted by atomic mass is 10.0. The summed E-state index contributed by atoms with van der Waals surface area (Å²) >= 11 is 0. The summed E-state index contributed by atoms with van der Waals surface area (Å²) < 4.78 is 13.1. The van der Waals surface area contributed by atoms with Gasteiger partial charge in [0.15, 0.2) is 0 Å². The minimum absolute atomic E-state index is 0.131. The predicted molar refractivity (Wildman–Crippen MR) is 130 cm³/mol. The second-order valence-corrected chi connectivity index (χ2v) is 8.97. The van der Waals surface area contributed by atoms with Gasteiger partial charge in [-0.05, 0) is 79.8 Å². The molecule has 1 saturated heterocycles. The van der Waals surface area contributed by atoms with E-state index in [-0.39, 0.29) is 23.7 Å². The van der Waals surface area contributed by atoms with E-state index >= 15 is 0 Å². The van der Waals surface area contributed by atoms with E-state index in [0.29, 0.717) is 56.4 Å². The van der Waals surface area contributed by atoms with Crippen molar-refractivity contribution in [2.75, 3.05) is 19.6 Å². The molecule has 4 rings (SSSR count). The van der Waals surface area contributed by atoms with E-state index in [1.807, 2.05) is 6.07 Å². The van der Waals surface area contributed by atoms with E-state index in [9.17, 15) is 19.1 Å². The van der Waals surface area contributed by atoms with Crippen LogP contribution in [0.3, 0.4) is 0 Å². The van der Waals surface area contributed by atoms with Crippen LogP contribution in [0.1, 0.15) is 47.2 Å². The highest BCUT2D eigenvalue weighted by molar-refractivity contribution is 5.97. The summed E-state index contributed by atoms with van der Waals surface area (Å²) in [6.45, 7) is 1.59. The third-order valence-corrected chi connectivity index (χ3v) is 6.44. The highest BCUT2D eigenvalue weighted by atomic mass is 19.1. The summed E-state index contributed by atoms with van der Waals surface area (Å²) in [7, 11) is 0. The number of benzene rings is 2. The first-order chi connectivity index (χ1) is 16.9. The average Bonchev–Trinajstić information content (AvgIpc) is 3.66. The molecule has 0 radical (unpaired) electrons. The second kappa shape index (κ2) is 11.3. The molecule has 1 aliphatic carbocycles. The van der Waals surface area contributed by atoms with Crippen molar-refractivity contribution in [1.82, 2.24) is 15.5 Å². The average molecular weight is 477 g/mol. The van der Waals surface area contributed by atoms with Crippen molar-refractivity contribution >= 4 is 17.4 Å². The molecule has 2 amide bonds. The Labute approximate surface area is 204 Å². The largest absolute Gasteiger partial charge is 0.393 e. The van der Waals surface area contributed by atoms with E-state index in [0.717, 1.165) is 11.1 Å². The number of hydrogen-bond donors (Lipinski definition) is 3. The lowest BCUT2D eigenvalue weighted by Gasteiger charge is -2.32. The summed E-state index contributed by atoms with van der Waals surface area (Å²) in [4.78, 5) is 27.7. The number of aliphatic hydroxyl groups is 1. The van der Waals surface area contributed by atoms with E-state index in [4.69, 9.17) is 5.26 Å². The minimum atomic E-state index is -0.682. The zero-order chi connectivity index (χ0) is 24.8. The molecule has 0 saturated carbocycles. The van der Waals surface area contributed by atoms with Crippen molar-refractivity contribution in [2.24, 2.45) is 0 Å². The molecule has 182 valence electrons. The molecule has 0 spiro atoms. The Hall–Kier alpha value is -3.54. The number of nitrogens with zero attached hydrogens (tertiary/aromatic N) is 2. The third-order valence-electron chi connectivity index (χ3n) is 6.44. The number of carbonyl (C=O) groups excluding carboxylic acids is 2. The summed E-state index contributed by atoms with van der Waals surface area (Å²) in [5.74, 6) is -0.766. The quantitative estimate of drug-likeness (QED) is 0.483. The molecular weight excluding hydrogens is 447 g/mol. The standard InChI is InChI=1S/C27H29FN4O3/c28-21-9-7-19(8-10-21)23-16-25(23)30-13-1-2-24(27(35)32-14-11-22(33)12-15-32)31-26(34)20-5-3-18(17-29)4-6-20/h3-10,16,22,24-25,30,33H,1-2,11-15H2,(H,31,34)/t24-,25+/m0/s1. The molecule has 1 heterocycles. The number of hydrogen-bond acceptors (Lipinski definition) is 5. The third kappa shape index (κ3) is 6.53. The maximum absolute atomic E-state index is 13.2.